The highest BCUT2D eigenvalue weighted by molar-refractivity contribution is 6.06. The van der Waals surface area contributed by atoms with Gasteiger partial charge >= 0.3 is 0 Å². The van der Waals surface area contributed by atoms with E-state index in [-0.39, 0.29) is 11.8 Å². The van der Waals surface area contributed by atoms with Crippen molar-refractivity contribution in [2.75, 3.05) is 37.4 Å². The number of anilines is 2. The highest BCUT2D eigenvalue weighted by Crippen LogP contribution is 2.26. The zero-order valence-electron chi connectivity index (χ0n) is 18.7. The number of nitrogens with zero attached hydrogens (tertiary/aromatic N) is 2. The first kappa shape index (κ1) is 21.6. The van der Waals surface area contributed by atoms with E-state index in [9.17, 15) is 9.59 Å². The largest absolute Gasteiger partial charge is 0.377 e. The number of carbonyl (C=O) groups excluding carboxylic acids is 2. The lowest BCUT2D eigenvalue weighted by molar-refractivity contribution is 0.0724. The van der Waals surface area contributed by atoms with Crippen LogP contribution in [0.15, 0.2) is 72.8 Å². The van der Waals surface area contributed by atoms with E-state index < -0.39 is 0 Å². The third-order valence-electron chi connectivity index (χ3n) is 5.86. The average Bonchev–Trinajstić information content (AvgIpc) is 2.84. The van der Waals surface area contributed by atoms with Crippen LogP contribution >= 0.6 is 0 Å². The van der Waals surface area contributed by atoms with Gasteiger partial charge < -0.3 is 15.1 Å². The van der Waals surface area contributed by atoms with Crippen molar-refractivity contribution in [3.05, 3.63) is 83.9 Å². The van der Waals surface area contributed by atoms with Gasteiger partial charge in [-0.3, -0.25) is 9.59 Å². The van der Waals surface area contributed by atoms with E-state index in [1.807, 2.05) is 90.6 Å². The van der Waals surface area contributed by atoms with Crippen molar-refractivity contribution in [1.29, 1.82) is 0 Å². The molecule has 0 aliphatic carbocycles. The quantitative estimate of drug-likeness (QED) is 0.601. The maximum atomic E-state index is 13.2. The third kappa shape index (κ3) is 4.83. The van der Waals surface area contributed by atoms with Gasteiger partial charge in [0.2, 0.25) is 0 Å². The van der Waals surface area contributed by atoms with Gasteiger partial charge in [0.05, 0.1) is 5.56 Å². The number of carbonyl (C=O) groups is 2. The fourth-order valence-corrected chi connectivity index (χ4v) is 4.09. The second-order valence-electron chi connectivity index (χ2n) is 8.38. The number of nitrogens with one attached hydrogen (secondary N) is 1. The van der Waals surface area contributed by atoms with Gasteiger partial charge in [-0.2, -0.15) is 0 Å². The van der Waals surface area contributed by atoms with Crippen LogP contribution in [0.5, 0.6) is 0 Å². The van der Waals surface area contributed by atoms with Crippen LogP contribution in [0.3, 0.4) is 0 Å². The molecule has 1 saturated heterocycles. The van der Waals surface area contributed by atoms with Crippen LogP contribution in [0.1, 0.15) is 40.0 Å². The lowest BCUT2D eigenvalue weighted by atomic mass is 10.0. The number of likely N-dealkylation sites (tertiary alicyclic amines) is 1. The van der Waals surface area contributed by atoms with Gasteiger partial charge in [-0.15, -0.1) is 0 Å². The molecule has 0 radical (unpaired) electrons. The zero-order valence-corrected chi connectivity index (χ0v) is 18.7. The highest BCUT2D eigenvalue weighted by Gasteiger charge is 2.22. The topological polar surface area (TPSA) is 52.7 Å². The van der Waals surface area contributed by atoms with Crippen molar-refractivity contribution in [3.8, 4) is 11.1 Å². The molecule has 1 aliphatic rings. The molecule has 2 amide bonds. The molecule has 1 aliphatic heterocycles. The number of amides is 2. The monoisotopic (exact) mass is 427 g/mol. The summed E-state index contributed by atoms with van der Waals surface area (Å²) in [6.45, 7) is 1.58. The second kappa shape index (κ2) is 9.69. The summed E-state index contributed by atoms with van der Waals surface area (Å²) in [5.74, 6) is -0.171. The van der Waals surface area contributed by atoms with E-state index in [4.69, 9.17) is 0 Å². The summed E-state index contributed by atoms with van der Waals surface area (Å²) < 4.78 is 0. The van der Waals surface area contributed by atoms with Crippen LogP contribution in [0.2, 0.25) is 0 Å². The summed E-state index contributed by atoms with van der Waals surface area (Å²) in [4.78, 5) is 29.9. The Kier molecular flexibility index (Phi) is 6.55. The summed E-state index contributed by atoms with van der Waals surface area (Å²) in [5, 5.41) is 2.95. The first-order valence-electron chi connectivity index (χ1n) is 11.1. The molecule has 0 unspecified atom stereocenters. The van der Waals surface area contributed by atoms with Gasteiger partial charge in [0.25, 0.3) is 11.8 Å². The van der Waals surface area contributed by atoms with E-state index in [0.717, 1.165) is 42.7 Å². The van der Waals surface area contributed by atoms with Gasteiger partial charge in [-0.25, -0.2) is 0 Å². The number of hydrogen-bond acceptors (Lipinski definition) is 3. The normalized spacial score (nSPS) is 13.5. The highest BCUT2D eigenvalue weighted by atomic mass is 16.2. The van der Waals surface area contributed by atoms with Crippen LogP contribution in [0, 0.1) is 0 Å². The average molecular weight is 428 g/mol. The fraction of sp³-hybridized carbons (Fsp3) is 0.259. The summed E-state index contributed by atoms with van der Waals surface area (Å²) >= 11 is 0. The van der Waals surface area contributed by atoms with Crippen molar-refractivity contribution in [1.82, 2.24) is 4.90 Å². The first-order chi connectivity index (χ1) is 15.5. The summed E-state index contributed by atoms with van der Waals surface area (Å²) in [5.41, 5.74) is 4.84. The predicted octanol–water partition coefficient (Wildman–Crippen LogP) is 5.30. The number of rotatable bonds is 5. The Balaban J connectivity index is 1.53. The molecule has 1 N–H and O–H groups in total. The predicted molar refractivity (Wildman–Crippen MR) is 130 cm³/mol. The van der Waals surface area contributed by atoms with Gasteiger partial charge in [-0.1, -0.05) is 42.5 Å². The molecule has 5 heteroatoms. The smallest absolute Gasteiger partial charge is 0.256 e. The van der Waals surface area contributed by atoms with Crippen molar-refractivity contribution in [3.63, 3.8) is 0 Å². The zero-order chi connectivity index (χ0) is 22.5. The second-order valence-corrected chi connectivity index (χ2v) is 8.38. The molecular formula is C27H29N3O2. The van der Waals surface area contributed by atoms with Crippen molar-refractivity contribution in [2.45, 2.75) is 19.3 Å². The van der Waals surface area contributed by atoms with Gasteiger partial charge in [0.1, 0.15) is 0 Å². The van der Waals surface area contributed by atoms with Crippen LogP contribution in [0.4, 0.5) is 11.4 Å². The summed E-state index contributed by atoms with van der Waals surface area (Å²) in [7, 11) is 3.85. The van der Waals surface area contributed by atoms with E-state index in [2.05, 4.69) is 5.32 Å². The summed E-state index contributed by atoms with van der Waals surface area (Å²) in [6, 6.07) is 23.1. The molecule has 3 aromatic carbocycles. The molecule has 3 aromatic rings. The Bertz CT molecular complexity index is 1090. The molecule has 0 spiro atoms. The van der Waals surface area contributed by atoms with E-state index in [1.165, 1.54) is 6.42 Å². The SMILES string of the molecule is CN(C)c1ccc(NC(=O)c2ccc(-c3ccccc3)cc2)cc1C(=O)N1CCCCC1. The van der Waals surface area contributed by atoms with Gasteiger partial charge in [0.15, 0.2) is 0 Å². The number of piperidine rings is 1. The Labute approximate surface area is 189 Å². The standard InChI is InChI=1S/C27H29N3O2/c1-29(2)25-16-15-23(19-24(25)27(32)30-17-7-4-8-18-30)28-26(31)22-13-11-21(12-14-22)20-9-5-3-6-10-20/h3,5-6,9-16,19H,4,7-8,17-18H2,1-2H3,(H,28,31). The molecule has 0 bridgehead atoms. The molecule has 32 heavy (non-hydrogen) atoms. The maximum Gasteiger partial charge on any atom is 0.256 e. The van der Waals surface area contributed by atoms with Crippen LogP contribution in [-0.4, -0.2) is 43.9 Å². The number of benzene rings is 3. The van der Waals surface area contributed by atoms with Crippen molar-refractivity contribution < 1.29 is 9.59 Å². The summed E-state index contributed by atoms with van der Waals surface area (Å²) in [6.07, 6.45) is 3.25. The molecule has 164 valence electrons. The minimum atomic E-state index is -0.196. The van der Waals surface area contributed by atoms with Crippen molar-refractivity contribution >= 4 is 23.2 Å². The molecule has 0 atom stereocenters. The Hall–Kier alpha value is -3.60. The molecule has 1 heterocycles. The van der Waals surface area contributed by atoms with Gasteiger partial charge in [0, 0.05) is 44.1 Å². The minimum absolute atomic E-state index is 0.0247. The third-order valence-corrected chi connectivity index (χ3v) is 5.86. The molecule has 0 aromatic heterocycles. The minimum Gasteiger partial charge on any atom is -0.377 e. The maximum absolute atomic E-state index is 13.2. The Morgan fingerprint density at radius 1 is 0.812 bits per heavy atom. The Morgan fingerprint density at radius 2 is 1.47 bits per heavy atom. The molecule has 0 saturated carbocycles. The van der Waals surface area contributed by atoms with Gasteiger partial charge in [-0.05, 0) is 60.7 Å². The first-order valence-corrected chi connectivity index (χ1v) is 11.1. The van der Waals surface area contributed by atoms with Crippen LogP contribution < -0.4 is 10.2 Å². The molecule has 4 rings (SSSR count). The van der Waals surface area contributed by atoms with Crippen LogP contribution in [0.25, 0.3) is 11.1 Å². The Morgan fingerprint density at radius 3 is 2.12 bits per heavy atom. The fourth-order valence-electron chi connectivity index (χ4n) is 4.09. The van der Waals surface area contributed by atoms with E-state index in [1.54, 1.807) is 6.07 Å². The van der Waals surface area contributed by atoms with Crippen molar-refractivity contribution in [2.24, 2.45) is 0 Å². The number of hydrogen-bond donors (Lipinski definition) is 1. The van der Waals surface area contributed by atoms with E-state index >= 15 is 0 Å². The van der Waals surface area contributed by atoms with Crippen LogP contribution in [-0.2, 0) is 0 Å². The molecular weight excluding hydrogens is 398 g/mol. The molecule has 1 fully saturated rings. The lowest BCUT2D eigenvalue weighted by Crippen LogP contribution is -2.36. The van der Waals surface area contributed by atoms with E-state index in [0.29, 0.717) is 16.8 Å². The lowest BCUT2D eigenvalue weighted by Gasteiger charge is -2.28. The molecule has 5 nitrogen and oxygen atoms in total.